The van der Waals surface area contributed by atoms with Crippen LogP contribution < -0.4 is 20.8 Å². The van der Waals surface area contributed by atoms with Gasteiger partial charge in [-0.3, -0.25) is 18.8 Å². The average Bonchev–Trinajstić information content (AvgIpc) is 3.67. The first kappa shape index (κ1) is 47.5. The first-order valence-corrected chi connectivity index (χ1v) is 20.6. The van der Waals surface area contributed by atoms with Crippen molar-refractivity contribution in [3.8, 4) is 5.75 Å². The van der Waals surface area contributed by atoms with Crippen molar-refractivity contribution < 1.29 is 56.9 Å². The van der Waals surface area contributed by atoms with Crippen LogP contribution in [0.3, 0.4) is 0 Å². The molecule has 1 aromatic heterocycles. The summed E-state index contributed by atoms with van der Waals surface area (Å²) in [6.07, 6.45) is -0.953. The van der Waals surface area contributed by atoms with Gasteiger partial charge in [0.25, 0.3) is 0 Å². The summed E-state index contributed by atoms with van der Waals surface area (Å²) in [6, 6.07) is 8.49. The summed E-state index contributed by atoms with van der Waals surface area (Å²) in [5, 5.41) is 29.2. The van der Waals surface area contributed by atoms with Gasteiger partial charge >= 0.3 is 26.9 Å². The fourth-order valence-electron chi connectivity index (χ4n) is 5.51. The number of carbonyl (C=O) groups excluding carboxylic acids is 2. The molecule has 8 unspecified atom stereocenters. The Kier molecular flexibility index (Phi) is 17.3. The number of aromatic nitrogens is 2. The largest absolute Gasteiger partial charge is 0.422 e. The van der Waals surface area contributed by atoms with Gasteiger partial charge in [0.2, 0.25) is 5.91 Å². The predicted octanol–water partition coefficient (Wildman–Crippen LogP) is 5.24. The lowest BCUT2D eigenvalue weighted by molar-refractivity contribution is -0.114. The van der Waals surface area contributed by atoms with Crippen molar-refractivity contribution in [1.29, 1.82) is 0 Å². The Balaban J connectivity index is 0.000000305. The molecule has 21 nitrogen and oxygen atoms in total. The van der Waals surface area contributed by atoms with Crippen LogP contribution in [0, 0.1) is 0 Å². The van der Waals surface area contributed by atoms with Gasteiger partial charge < -0.3 is 48.8 Å². The highest BCUT2D eigenvalue weighted by atomic mass is 31.2. The highest BCUT2D eigenvalue weighted by molar-refractivity contribution is 7.57. The van der Waals surface area contributed by atoms with Crippen LogP contribution in [0.5, 0.6) is 5.75 Å². The first-order chi connectivity index (χ1) is 27.0. The van der Waals surface area contributed by atoms with E-state index >= 15 is 0 Å². The standard InChI is InChI=1S/C18H20N5O5P.C16H24N3O8P.CH4/c1-12-11-23(18(24)20-13(12)2)17-10-15(21-22-19)16(27-17)8-9-29(25,26)28-14-6-4-3-5-7-14;1-4-25-28(24,26-5-2)9-7-11-13(21)14(22)15(27-11)19-8-6-12(17-10(3)20)18-16(19)23;/h3-9,11,15-17H,2,10H2,1H3,(H,20,24)(H,25,26);6-9,11,13-15,21-22H,4-5H2,1-3H3,(H,17,18,20,23);1H4. The molecule has 2 saturated heterocycles. The number of carbonyl (C=O) groups is 2. The molecule has 0 spiro atoms. The van der Waals surface area contributed by atoms with Crippen molar-refractivity contribution in [2.45, 2.75) is 84.5 Å². The number of rotatable bonds is 14. The smallest absolute Gasteiger partial charge is 0.400 e. The molecule has 0 saturated carbocycles. The Morgan fingerprint density at radius 1 is 1.10 bits per heavy atom. The van der Waals surface area contributed by atoms with Gasteiger partial charge in [-0.1, -0.05) is 37.3 Å². The maximum absolute atomic E-state index is 12.5. The molecule has 58 heavy (non-hydrogen) atoms. The zero-order valence-corrected chi connectivity index (χ0v) is 33.1. The molecule has 1 aromatic carbocycles. The number of hydrogen-bond donors (Lipinski definition) is 5. The highest BCUT2D eigenvalue weighted by Crippen LogP contribution is 2.50. The van der Waals surface area contributed by atoms with Crippen molar-refractivity contribution in [1.82, 2.24) is 19.8 Å². The second-order valence-corrected chi connectivity index (χ2v) is 15.9. The molecular weight excluding hydrogens is 802 g/mol. The Morgan fingerprint density at radius 2 is 1.76 bits per heavy atom. The van der Waals surface area contributed by atoms with E-state index in [-0.39, 0.29) is 38.6 Å². The minimum Gasteiger partial charge on any atom is -0.422 e. The van der Waals surface area contributed by atoms with E-state index in [4.69, 9.17) is 28.6 Å². The topological polar surface area (TPSA) is 286 Å². The third kappa shape index (κ3) is 12.8. The van der Waals surface area contributed by atoms with E-state index in [0.29, 0.717) is 5.70 Å². The third-order valence-electron chi connectivity index (χ3n) is 8.15. The maximum atomic E-state index is 12.5. The molecule has 3 amide bonds. The first-order valence-electron chi connectivity index (χ1n) is 17.4. The van der Waals surface area contributed by atoms with Gasteiger partial charge in [0.15, 0.2) is 6.23 Å². The van der Waals surface area contributed by atoms with Crippen LogP contribution in [0.2, 0.25) is 0 Å². The molecule has 2 fully saturated rings. The number of aliphatic hydroxyl groups excluding tert-OH is 2. The summed E-state index contributed by atoms with van der Waals surface area (Å²) in [4.78, 5) is 53.3. The maximum Gasteiger partial charge on any atom is 0.400 e. The number of hydrogen-bond acceptors (Lipinski definition) is 14. The average molecular weight is 851 g/mol. The third-order valence-corrected chi connectivity index (χ3v) is 10.9. The number of nitrogens with one attached hydrogen (secondary N) is 2. The normalized spacial score (nSPS) is 25.5. The van der Waals surface area contributed by atoms with Crippen LogP contribution in [0.1, 0.15) is 47.8 Å². The molecule has 0 aliphatic carbocycles. The number of aliphatic hydroxyl groups is 2. The molecule has 3 aliphatic rings. The van der Waals surface area contributed by atoms with Crippen molar-refractivity contribution >= 4 is 32.9 Å². The number of anilines is 1. The molecule has 4 heterocycles. The van der Waals surface area contributed by atoms with E-state index in [1.165, 1.54) is 36.2 Å². The van der Waals surface area contributed by atoms with Crippen molar-refractivity contribution in [2.24, 2.45) is 5.11 Å². The van der Waals surface area contributed by atoms with Gasteiger partial charge in [0.1, 0.15) is 36.1 Å². The van der Waals surface area contributed by atoms with Gasteiger partial charge in [-0.15, -0.1) is 0 Å². The van der Waals surface area contributed by atoms with Crippen LogP contribution in [0.15, 0.2) is 100 Å². The number of azide groups is 1. The number of amides is 3. The van der Waals surface area contributed by atoms with Gasteiger partial charge in [-0.05, 0) is 62.2 Å². The van der Waals surface area contributed by atoms with E-state index in [1.54, 1.807) is 57.3 Å². The second kappa shape index (κ2) is 21.2. The van der Waals surface area contributed by atoms with E-state index in [1.807, 2.05) is 0 Å². The Morgan fingerprint density at radius 3 is 2.36 bits per heavy atom. The zero-order chi connectivity index (χ0) is 41.9. The second-order valence-electron chi connectivity index (χ2n) is 12.4. The molecule has 2 aromatic rings. The van der Waals surface area contributed by atoms with Crippen molar-refractivity contribution in [3.05, 3.63) is 111 Å². The van der Waals surface area contributed by atoms with E-state index in [9.17, 15) is 38.6 Å². The van der Waals surface area contributed by atoms with Crippen LogP contribution in [0.25, 0.3) is 10.4 Å². The van der Waals surface area contributed by atoms with Crippen molar-refractivity contribution in [3.63, 3.8) is 0 Å². The summed E-state index contributed by atoms with van der Waals surface area (Å²) >= 11 is 0. The number of ether oxygens (including phenoxy) is 2. The van der Waals surface area contributed by atoms with Crippen molar-refractivity contribution in [2.75, 3.05) is 18.5 Å². The number of allylic oxidation sites excluding steroid dienone is 1. The lowest BCUT2D eigenvalue weighted by Crippen LogP contribution is -2.45. The summed E-state index contributed by atoms with van der Waals surface area (Å²) in [7, 11) is -7.62. The van der Waals surface area contributed by atoms with Gasteiger partial charge in [-0.2, -0.15) is 4.98 Å². The molecule has 316 valence electrons. The number of urea groups is 1. The zero-order valence-electron chi connectivity index (χ0n) is 31.3. The molecule has 5 rings (SSSR count). The van der Waals surface area contributed by atoms with Crippen LogP contribution in [-0.2, 0) is 32.4 Å². The van der Waals surface area contributed by atoms with Gasteiger partial charge in [0, 0.05) is 48.0 Å². The monoisotopic (exact) mass is 850 g/mol. The lowest BCUT2D eigenvalue weighted by atomic mass is 10.1. The van der Waals surface area contributed by atoms with E-state index in [2.05, 4.69) is 32.2 Å². The summed E-state index contributed by atoms with van der Waals surface area (Å²) < 4.78 is 52.5. The molecule has 3 aliphatic heterocycles. The van der Waals surface area contributed by atoms with Crippen LogP contribution >= 0.6 is 15.2 Å². The summed E-state index contributed by atoms with van der Waals surface area (Å²) in [5.74, 6) is 2.05. The fraction of sp³-hybridized carbons (Fsp3) is 0.429. The SMILES string of the molecule is C.C=C1NC(=O)N(C2CC(N=[N+]=[N-])C(C=CP(=O)(O)Oc3ccccc3)O2)C=C1C.CCOP(=O)(C=CC1OC(n2ccc(NC(C)=O)nc2=O)C(O)C1O)OCC. The summed E-state index contributed by atoms with van der Waals surface area (Å²) in [5.41, 5.74) is 9.28. The van der Waals surface area contributed by atoms with Crippen LogP contribution in [-0.4, -0.2) is 91.4 Å². The molecule has 23 heteroatoms. The quantitative estimate of drug-likeness (QED) is 0.0704. The number of benzene rings is 1. The van der Waals surface area contributed by atoms with E-state index < -0.39 is 75.7 Å². The molecule has 0 radical (unpaired) electrons. The van der Waals surface area contributed by atoms with Gasteiger partial charge in [0.05, 0.1) is 25.4 Å². The van der Waals surface area contributed by atoms with E-state index in [0.717, 1.165) is 21.8 Å². The Bertz CT molecular complexity index is 2060. The Hall–Kier alpha value is -4.91. The minimum atomic E-state index is -4.11. The van der Waals surface area contributed by atoms with Crippen LogP contribution in [0.4, 0.5) is 10.6 Å². The molecule has 8 atom stereocenters. The number of nitrogens with zero attached hydrogens (tertiary/aromatic N) is 6. The van der Waals surface area contributed by atoms with Gasteiger partial charge in [-0.25, -0.2) is 14.2 Å². The summed E-state index contributed by atoms with van der Waals surface area (Å²) in [6.45, 7) is 10.4. The minimum absolute atomic E-state index is 0. The number of para-hydroxylation sites is 1. The molecule has 0 bridgehead atoms. The lowest BCUT2D eigenvalue weighted by Gasteiger charge is -2.30. The molecule has 5 N–H and O–H groups in total. The highest BCUT2D eigenvalue weighted by Gasteiger charge is 2.44. The fourth-order valence-corrected chi connectivity index (χ4v) is 7.73. The molecular formula is C35H48N8O13P2. The predicted molar refractivity (Wildman–Crippen MR) is 211 cm³/mol. The Labute approximate surface area is 334 Å².